The van der Waals surface area contributed by atoms with E-state index in [9.17, 15) is 0 Å². The molecule has 0 rings (SSSR count). The largest absolute Gasteiger partial charge is 0.549 e. The van der Waals surface area contributed by atoms with Crippen LogP contribution in [0.3, 0.4) is 0 Å². The lowest BCUT2D eigenvalue weighted by Gasteiger charge is -2.35. The summed E-state index contributed by atoms with van der Waals surface area (Å²) < 4.78 is 5.98. The second-order valence-corrected chi connectivity index (χ2v) is 17.7. The molecular weight excluding hydrogens is 228 g/mol. The van der Waals surface area contributed by atoms with Crippen LogP contribution < -0.4 is 0 Å². The Balaban J connectivity index is 4.02. The minimum Gasteiger partial charge on any atom is -0.549 e. The van der Waals surface area contributed by atoms with Gasteiger partial charge in [0.15, 0.2) is 0 Å². The highest BCUT2D eigenvalue weighted by atomic mass is 28.4. The standard InChI is InChI=1S/C13H30OSi2/c1-13(2,3)16(7,8)14-11-9-10-12-15(4,5)6/h9,11H,10,12H2,1-8H3. The molecule has 0 aliphatic rings. The molecule has 1 nitrogen and oxygen atoms in total. The van der Waals surface area contributed by atoms with Gasteiger partial charge in [-0.3, -0.25) is 0 Å². The van der Waals surface area contributed by atoms with Crippen LogP contribution >= 0.6 is 0 Å². The first kappa shape index (κ1) is 16.0. The molecular formula is C13H30OSi2. The van der Waals surface area contributed by atoms with Gasteiger partial charge in [0.1, 0.15) is 0 Å². The Labute approximate surface area is 104 Å². The number of hydrogen-bond acceptors (Lipinski definition) is 1. The summed E-state index contributed by atoms with van der Waals surface area (Å²) >= 11 is 0. The molecule has 0 saturated heterocycles. The van der Waals surface area contributed by atoms with Crippen molar-refractivity contribution in [3.63, 3.8) is 0 Å². The van der Waals surface area contributed by atoms with E-state index < -0.39 is 16.4 Å². The van der Waals surface area contributed by atoms with Gasteiger partial charge in [0.05, 0.1) is 6.26 Å². The van der Waals surface area contributed by atoms with E-state index in [0.717, 1.165) is 0 Å². The van der Waals surface area contributed by atoms with Gasteiger partial charge in [-0.25, -0.2) is 0 Å². The zero-order chi connectivity index (χ0) is 13.0. The Morgan fingerprint density at radius 1 is 1.00 bits per heavy atom. The fourth-order valence-electron chi connectivity index (χ4n) is 0.979. The Morgan fingerprint density at radius 3 is 1.88 bits per heavy atom. The maximum atomic E-state index is 5.98. The van der Waals surface area contributed by atoms with Crippen LogP contribution in [-0.4, -0.2) is 16.4 Å². The van der Waals surface area contributed by atoms with E-state index >= 15 is 0 Å². The molecule has 0 aliphatic carbocycles. The van der Waals surface area contributed by atoms with Crippen LogP contribution in [0.1, 0.15) is 27.2 Å². The quantitative estimate of drug-likeness (QED) is 0.483. The van der Waals surface area contributed by atoms with Gasteiger partial charge in [0.25, 0.3) is 0 Å². The fourth-order valence-corrected chi connectivity index (χ4v) is 2.80. The first-order valence-electron chi connectivity index (χ1n) is 6.28. The number of rotatable bonds is 5. The maximum Gasteiger partial charge on any atom is 0.249 e. The molecule has 0 N–H and O–H groups in total. The zero-order valence-electron chi connectivity index (χ0n) is 12.5. The van der Waals surface area contributed by atoms with Gasteiger partial charge in [-0.1, -0.05) is 52.5 Å². The molecule has 0 aromatic carbocycles. The number of hydrogen-bond donors (Lipinski definition) is 0. The highest BCUT2D eigenvalue weighted by molar-refractivity contribution is 6.76. The summed E-state index contributed by atoms with van der Waals surface area (Å²) in [4.78, 5) is 0. The minimum atomic E-state index is -1.58. The molecule has 0 spiro atoms. The molecule has 0 atom stereocenters. The van der Waals surface area contributed by atoms with Crippen molar-refractivity contribution in [2.45, 2.75) is 71.0 Å². The molecule has 3 heteroatoms. The van der Waals surface area contributed by atoms with E-state index in [0.29, 0.717) is 5.04 Å². The molecule has 0 bridgehead atoms. The van der Waals surface area contributed by atoms with Crippen LogP contribution in [0.15, 0.2) is 12.3 Å². The van der Waals surface area contributed by atoms with E-state index in [1.165, 1.54) is 12.5 Å². The first-order chi connectivity index (χ1) is 6.96. The van der Waals surface area contributed by atoms with E-state index in [4.69, 9.17) is 4.43 Å². The van der Waals surface area contributed by atoms with Crippen molar-refractivity contribution in [1.29, 1.82) is 0 Å². The molecule has 0 aliphatic heterocycles. The lowest BCUT2D eigenvalue weighted by molar-refractivity contribution is 0.428. The summed E-state index contributed by atoms with van der Waals surface area (Å²) in [6.07, 6.45) is 5.33. The molecule has 0 fully saturated rings. The summed E-state index contributed by atoms with van der Waals surface area (Å²) in [7, 11) is -2.46. The molecule has 0 unspecified atom stereocenters. The Bertz CT molecular complexity index is 231. The van der Waals surface area contributed by atoms with Gasteiger partial charge in [0, 0.05) is 8.07 Å². The van der Waals surface area contributed by atoms with Crippen LogP contribution in [0.2, 0.25) is 43.8 Å². The molecule has 96 valence electrons. The summed E-state index contributed by atoms with van der Waals surface area (Å²) in [6, 6.07) is 1.35. The van der Waals surface area contributed by atoms with Crippen molar-refractivity contribution in [3.05, 3.63) is 12.3 Å². The predicted octanol–water partition coefficient (Wildman–Crippen LogP) is 5.25. The van der Waals surface area contributed by atoms with Gasteiger partial charge in [-0.15, -0.1) is 0 Å². The summed E-state index contributed by atoms with van der Waals surface area (Å²) in [5.41, 5.74) is 0. The smallest absolute Gasteiger partial charge is 0.249 e. The Hall–Kier alpha value is -0.0262. The average molecular weight is 259 g/mol. The van der Waals surface area contributed by atoms with E-state index in [1.54, 1.807) is 0 Å². The summed E-state index contributed by atoms with van der Waals surface area (Å²) in [6.45, 7) is 18.6. The predicted molar refractivity (Wildman–Crippen MR) is 80.2 cm³/mol. The van der Waals surface area contributed by atoms with Gasteiger partial charge in [0.2, 0.25) is 8.32 Å². The van der Waals surface area contributed by atoms with Crippen LogP contribution in [0, 0.1) is 0 Å². The lowest BCUT2D eigenvalue weighted by atomic mass is 10.2. The monoisotopic (exact) mass is 258 g/mol. The Kier molecular flexibility index (Phi) is 5.53. The van der Waals surface area contributed by atoms with E-state index in [-0.39, 0.29) is 0 Å². The van der Waals surface area contributed by atoms with Gasteiger partial charge >= 0.3 is 0 Å². The Morgan fingerprint density at radius 2 is 1.50 bits per heavy atom. The molecule has 0 heterocycles. The topological polar surface area (TPSA) is 9.23 Å². The fraction of sp³-hybridized carbons (Fsp3) is 0.846. The van der Waals surface area contributed by atoms with Crippen molar-refractivity contribution in [3.8, 4) is 0 Å². The average Bonchev–Trinajstić information content (AvgIpc) is 1.98. The third kappa shape index (κ3) is 6.53. The van der Waals surface area contributed by atoms with Gasteiger partial charge in [-0.05, 0) is 24.6 Å². The molecule has 0 amide bonds. The highest BCUT2D eigenvalue weighted by Crippen LogP contribution is 2.36. The number of allylic oxidation sites excluding steroid dienone is 1. The third-order valence-electron chi connectivity index (χ3n) is 3.33. The van der Waals surface area contributed by atoms with Crippen LogP contribution in [-0.2, 0) is 4.43 Å². The maximum absolute atomic E-state index is 5.98. The summed E-state index contributed by atoms with van der Waals surface area (Å²) in [5, 5.41) is 0.302. The van der Waals surface area contributed by atoms with Gasteiger partial charge < -0.3 is 4.43 Å². The van der Waals surface area contributed by atoms with Crippen LogP contribution in [0.5, 0.6) is 0 Å². The molecule has 0 radical (unpaired) electrons. The molecule has 0 aromatic rings. The first-order valence-corrected chi connectivity index (χ1v) is 12.9. The lowest BCUT2D eigenvalue weighted by Crippen LogP contribution is -2.39. The zero-order valence-corrected chi connectivity index (χ0v) is 14.5. The molecule has 0 saturated carbocycles. The van der Waals surface area contributed by atoms with E-state index in [1.807, 2.05) is 6.26 Å². The summed E-state index contributed by atoms with van der Waals surface area (Å²) in [5.74, 6) is 0. The van der Waals surface area contributed by atoms with Crippen molar-refractivity contribution < 1.29 is 4.43 Å². The molecule has 0 aromatic heterocycles. The SMILES string of the molecule is CC(C)(C)[Si](C)(C)OC=CCC[Si](C)(C)C. The molecule has 16 heavy (non-hydrogen) atoms. The minimum absolute atomic E-state index is 0.302. The van der Waals surface area contributed by atoms with Crippen LogP contribution in [0.4, 0.5) is 0 Å². The van der Waals surface area contributed by atoms with Crippen molar-refractivity contribution in [1.82, 2.24) is 0 Å². The third-order valence-corrected chi connectivity index (χ3v) is 9.45. The van der Waals surface area contributed by atoms with Crippen LogP contribution in [0.25, 0.3) is 0 Å². The van der Waals surface area contributed by atoms with Crippen molar-refractivity contribution >= 4 is 16.4 Å². The second kappa shape index (κ2) is 5.54. The highest BCUT2D eigenvalue weighted by Gasteiger charge is 2.37. The van der Waals surface area contributed by atoms with E-state index in [2.05, 4.69) is 59.6 Å². The van der Waals surface area contributed by atoms with Gasteiger partial charge in [-0.2, -0.15) is 0 Å². The normalized spacial score (nSPS) is 14.5. The van der Waals surface area contributed by atoms with Crippen molar-refractivity contribution in [2.24, 2.45) is 0 Å². The van der Waals surface area contributed by atoms with Crippen molar-refractivity contribution in [2.75, 3.05) is 0 Å². The second-order valence-electron chi connectivity index (χ2n) is 7.35.